The van der Waals surface area contributed by atoms with Crippen LogP contribution in [0.25, 0.3) is 0 Å². The summed E-state index contributed by atoms with van der Waals surface area (Å²) in [7, 11) is 0. The van der Waals surface area contributed by atoms with Gasteiger partial charge in [0.25, 0.3) is 0 Å². The van der Waals surface area contributed by atoms with Gasteiger partial charge in [0, 0.05) is 19.4 Å². The molecule has 56 heavy (non-hydrogen) atoms. The number of hydrogen-bond acceptors (Lipinski definition) is 6. The molecule has 4 atom stereocenters. The number of nitrogens with zero attached hydrogens (tertiary/aromatic N) is 1. The minimum atomic E-state index is -1.24. The minimum Gasteiger partial charge on any atom is -0.445 e. The zero-order valence-electron chi connectivity index (χ0n) is 31.2. The first-order valence-electron chi connectivity index (χ1n) is 18.7. The number of carbonyl (C=O) groups is 4. The van der Waals surface area contributed by atoms with Crippen molar-refractivity contribution in [2.75, 3.05) is 13.1 Å². The Morgan fingerprint density at radius 1 is 0.571 bits per heavy atom. The average Bonchev–Trinajstić information content (AvgIpc) is 3.22. The molecule has 5 aromatic carbocycles. The van der Waals surface area contributed by atoms with Crippen LogP contribution in [0.3, 0.4) is 0 Å². The van der Waals surface area contributed by atoms with Crippen LogP contribution >= 0.6 is 0 Å². The van der Waals surface area contributed by atoms with Crippen LogP contribution in [0.4, 0.5) is 9.59 Å². The van der Waals surface area contributed by atoms with Crippen LogP contribution in [0.1, 0.15) is 27.8 Å². The first kappa shape index (κ1) is 40.7. The van der Waals surface area contributed by atoms with Gasteiger partial charge in [-0.2, -0.15) is 0 Å². The highest BCUT2D eigenvalue weighted by molar-refractivity contribution is 5.91. The Hall–Kier alpha value is -6.46. The molecule has 0 heterocycles. The minimum absolute atomic E-state index is 0.0409. The largest absolute Gasteiger partial charge is 0.445 e. The second-order valence-corrected chi connectivity index (χ2v) is 13.6. The van der Waals surface area contributed by atoms with E-state index in [4.69, 9.17) is 10.5 Å². The first-order valence-corrected chi connectivity index (χ1v) is 18.7. The molecule has 290 valence electrons. The summed E-state index contributed by atoms with van der Waals surface area (Å²) < 4.78 is 5.49. The molecule has 11 heteroatoms. The van der Waals surface area contributed by atoms with Gasteiger partial charge < -0.3 is 36.4 Å². The predicted molar refractivity (Wildman–Crippen MR) is 215 cm³/mol. The maximum absolute atomic E-state index is 14.3. The molecule has 0 aliphatic carbocycles. The number of rotatable bonds is 19. The lowest BCUT2D eigenvalue weighted by atomic mass is 10.0. The second kappa shape index (κ2) is 21.4. The topological polar surface area (TPSA) is 163 Å². The predicted octanol–water partition coefficient (Wildman–Crippen LogP) is 4.96. The molecule has 5 rings (SSSR count). The number of carbonyl (C=O) groups excluding carboxylic acids is 4. The standard InChI is InChI=1S/C45H49N5O6/c46-42(52)39(29-35-20-10-3-11-21-35)47-43(53)40(30-36-22-12-4-13-23-36)48-44(54)50(27-26-33-16-6-1-7-17-33)31-41(51)38(28-34-18-8-2-9-19-34)49-45(55)56-32-37-24-14-5-15-25-37/h1-25,38-41,51H,26-32H2,(H2,46,52)(H,47,53)(H,48,54)(H,49,55)/t38-,39-,40-,41+/m0/s1. The Labute approximate surface area is 327 Å². The Morgan fingerprint density at radius 2 is 1.02 bits per heavy atom. The van der Waals surface area contributed by atoms with Crippen LogP contribution in [0, 0.1) is 0 Å². The van der Waals surface area contributed by atoms with Crippen LogP contribution in [-0.4, -0.2) is 71.3 Å². The number of aliphatic hydroxyl groups is 1. The number of alkyl carbamates (subject to hydrolysis) is 1. The van der Waals surface area contributed by atoms with Crippen LogP contribution in [0.5, 0.6) is 0 Å². The fraction of sp³-hybridized carbons (Fsp3) is 0.244. The fourth-order valence-corrected chi connectivity index (χ4v) is 6.25. The van der Waals surface area contributed by atoms with E-state index in [-0.39, 0.29) is 39.0 Å². The number of amides is 5. The Balaban J connectivity index is 1.36. The van der Waals surface area contributed by atoms with Crippen LogP contribution in [0.2, 0.25) is 0 Å². The molecule has 5 amide bonds. The molecule has 0 radical (unpaired) electrons. The maximum atomic E-state index is 14.3. The van der Waals surface area contributed by atoms with E-state index in [0.29, 0.717) is 6.42 Å². The molecular formula is C45H49N5O6. The van der Waals surface area contributed by atoms with E-state index in [1.54, 1.807) is 0 Å². The van der Waals surface area contributed by atoms with Crippen molar-refractivity contribution in [2.24, 2.45) is 5.73 Å². The molecule has 0 aliphatic rings. The van der Waals surface area contributed by atoms with Crippen molar-refractivity contribution in [1.82, 2.24) is 20.9 Å². The maximum Gasteiger partial charge on any atom is 0.407 e. The number of aliphatic hydroxyl groups excluding tert-OH is 1. The van der Waals surface area contributed by atoms with Gasteiger partial charge in [-0.1, -0.05) is 152 Å². The van der Waals surface area contributed by atoms with E-state index in [1.807, 2.05) is 152 Å². The van der Waals surface area contributed by atoms with Crippen LogP contribution < -0.4 is 21.7 Å². The van der Waals surface area contributed by atoms with Crippen molar-refractivity contribution in [3.8, 4) is 0 Å². The Morgan fingerprint density at radius 3 is 1.52 bits per heavy atom. The average molecular weight is 756 g/mol. The van der Waals surface area contributed by atoms with Crippen LogP contribution in [-0.2, 0) is 46.6 Å². The van der Waals surface area contributed by atoms with Gasteiger partial charge in [0.2, 0.25) is 11.8 Å². The van der Waals surface area contributed by atoms with E-state index in [1.165, 1.54) is 4.90 Å². The van der Waals surface area contributed by atoms with Gasteiger partial charge in [-0.25, -0.2) is 9.59 Å². The summed E-state index contributed by atoms with van der Waals surface area (Å²) in [4.78, 5) is 55.3. The van der Waals surface area contributed by atoms with Gasteiger partial charge in [-0.15, -0.1) is 0 Å². The quantitative estimate of drug-likeness (QED) is 0.0800. The van der Waals surface area contributed by atoms with Gasteiger partial charge >= 0.3 is 12.1 Å². The first-order chi connectivity index (χ1) is 27.2. The van der Waals surface area contributed by atoms with E-state index < -0.39 is 48.2 Å². The summed E-state index contributed by atoms with van der Waals surface area (Å²) in [6.07, 6.45) is -0.956. The third-order valence-corrected chi connectivity index (χ3v) is 9.33. The lowest BCUT2D eigenvalue weighted by Crippen LogP contribution is -2.58. The summed E-state index contributed by atoms with van der Waals surface area (Å²) in [5.41, 5.74) is 9.96. The lowest BCUT2D eigenvalue weighted by Gasteiger charge is -2.31. The number of benzene rings is 5. The van der Waals surface area contributed by atoms with Crippen molar-refractivity contribution < 1.29 is 29.0 Å². The smallest absolute Gasteiger partial charge is 0.407 e. The van der Waals surface area contributed by atoms with E-state index in [0.717, 1.165) is 27.8 Å². The summed E-state index contributed by atoms with van der Waals surface area (Å²) >= 11 is 0. The second-order valence-electron chi connectivity index (χ2n) is 13.6. The molecule has 0 fully saturated rings. The monoisotopic (exact) mass is 755 g/mol. The molecule has 0 unspecified atom stereocenters. The van der Waals surface area contributed by atoms with Crippen LogP contribution in [0.15, 0.2) is 152 Å². The molecular weight excluding hydrogens is 707 g/mol. The SMILES string of the molecule is NC(=O)[C@H](Cc1ccccc1)NC(=O)[C@H](Cc1ccccc1)NC(=O)N(CCc1ccccc1)C[C@@H](O)[C@H](Cc1ccccc1)NC(=O)OCc1ccccc1. The normalized spacial score (nSPS) is 12.9. The number of hydrogen-bond donors (Lipinski definition) is 5. The number of urea groups is 1. The van der Waals surface area contributed by atoms with Crippen molar-refractivity contribution in [3.63, 3.8) is 0 Å². The molecule has 0 spiro atoms. The molecule has 0 saturated heterocycles. The highest BCUT2D eigenvalue weighted by Crippen LogP contribution is 2.13. The highest BCUT2D eigenvalue weighted by Gasteiger charge is 2.31. The van der Waals surface area contributed by atoms with E-state index in [9.17, 15) is 24.3 Å². The zero-order chi connectivity index (χ0) is 39.5. The molecule has 5 aromatic rings. The highest BCUT2D eigenvalue weighted by atomic mass is 16.5. The summed E-state index contributed by atoms with van der Waals surface area (Å²) in [6, 6.07) is 43.1. The van der Waals surface area contributed by atoms with Crippen molar-refractivity contribution in [2.45, 2.75) is 56.5 Å². The number of nitrogens with two attached hydrogens (primary N) is 1. The summed E-state index contributed by atoms with van der Waals surface area (Å²) in [5.74, 6) is -1.30. The zero-order valence-corrected chi connectivity index (χ0v) is 31.2. The van der Waals surface area contributed by atoms with Gasteiger partial charge in [0.1, 0.15) is 18.7 Å². The van der Waals surface area contributed by atoms with Crippen molar-refractivity contribution >= 4 is 23.9 Å². The molecule has 0 aliphatic heterocycles. The van der Waals surface area contributed by atoms with Gasteiger partial charge in [-0.3, -0.25) is 9.59 Å². The molecule has 0 saturated carbocycles. The van der Waals surface area contributed by atoms with Crippen molar-refractivity contribution in [3.05, 3.63) is 179 Å². The molecule has 0 bridgehead atoms. The summed E-state index contributed by atoms with van der Waals surface area (Å²) in [6.45, 7) is 0.0347. The summed E-state index contributed by atoms with van der Waals surface area (Å²) in [5, 5.41) is 20.3. The van der Waals surface area contributed by atoms with Gasteiger partial charge in [0.05, 0.1) is 18.7 Å². The number of ether oxygens (including phenoxy) is 1. The van der Waals surface area contributed by atoms with E-state index in [2.05, 4.69) is 16.0 Å². The molecule has 11 nitrogen and oxygen atoms in total. The Kier molecular flexibility index (Phi) is 15.6. The third kappa shape index (κ3) is 13.4. The molecule has 0 aromatic heterocycles. The van der Waals surface area contributed by atoms with Gasteiger partial charge in [0.15, 0.2) is 0 Å². The third-order valence-electron chi connectivity index (χ3n) is 9.33. The van der Waals surface area contributed by atoms with Crippen molar-refractivity contribution in [1.29, 1.82) is 0 Å². The Bertz CT molecular complexity index is 1950. The van der Waals surface area contributed by atoms with E-state index >= 15 is 0 Å². The molecule has 6 N–H and O–H groups in total. The lowest BCUT2D eigenvalue weighted by molar-refractivity contribution is -0.128. The number of primary amides is 1. The van der Waals surface area contributed by atoms with Gasteiger partial charge in [-0.05, 0) is 40.7 Å². The number of nitrogens with one attached hydrogen (secondary N) is 3. The fourth-order valence-electron chi connectivity index (χ4n) is 6.25.